The number of urea groups is 1. The second kappa shape index (κ2) is 8.13. The number of nitrogens with one attached hydrogen (secondary N) is 1. The molecule has 1 aliphatic heterocycles. The number of nitrogens with zero attached hydrogens (tertiary/aromatic N) is 1. The van der Waals surface area contributed by atoms with E-state index in [0.29, 0.717) is 21.6 Å². The summed E-state index contributed by atoms with van der Waals surface area (Å²) in [5, 5.41) is 3.63. The molecule has 4 rings (SSSR count). The topological polar surface area (TPSA) is 75.7 Å². The molecule has 31 heavy (non-hydrogen) atoms. The number of para-hydroxylation sites is 1. The van der Waals surface area contributed by atoms with E-state index in [1.165, 1.54) is 24.3 Å². The maximum absolute atomic E-state index is 14.3. The number of ether oxygens (including phenoxy) is 1. The van der Waals surface area contributed by atoms with Crippen molar-refractivity contribution >= 4 is 40.4 Å². The van der Waals surface area contributed by atoms with Crippen LogP contribution in [-0.4, -0.2) is 24.5 Å². The molecule has 7 heteroatoms. The van der Waals surface area contributed by atoms with Gasteiger partial charge in [0.2, 0.25) is 0 Å². The molecule has 1 heterocycles. The average molecular weight is 414 g/mol. The van der Waals surface area contributed by atoms with Gasteiger partial charge in [0, 0.05) is 5.56 Å². The molecule has 0 aliphatic carbocycles. The van der Waals surface area contributed by atoms with E-state index in [2.05, 4.69) is 11.2 Å². The number of rotatable bonds is 4. The van der Waals surface area contributed by atoms with Crippen LogP contribution in [0, 0.1) is 18.2 Å². The van der Waals surface area contributed by atoms with E-state index in [1.54, 1.807) is 18.2 Å². The second-order valence-electron chi connectivity index (χ2n) is 6.60. The zero-order valence-electron chi connectivity index (χ0n) is 16.1. The summed E-state index contributed by atoms with van der Waals surface area (Å²) in [5.41, 5.74) is -0.162. The molecule has 0 unspecified atom stereocenters. The van der Waals surface area contributed by atoms with E-state index < -0.39 is 23.7 Å². The van der Waals surface area contributed by atoms with Crippen LogP contribution in [0.2, 0.25) is 0 Å². The number of imide groups is 2. The third-order valence-corrected chi connectivity index (χ3v) is 4.73. The van der Waals surface area contributed by atoms with Crippen LogP contribution in [-0.2, 0) is 9.59 Å². The number of anilines is 1. The fourth-order valence-corrected chi connectivity index (χ4v) is 3.32. The molecular weight excluding hydrogens is 399 g/mol. The lowest BCUT2D eigenvalue weighted by Crippen LogP contribution is -2.54. The summed E-state index contributed by atoms with van der Waals surface area (Å²) in [4.78, 5) is 38.5. The predicted molar refractivity (Wildman–Crippen MR) is 114 cm³/mol. The molecule has 1 aliphatic rings. The highest BCUT2D eigenvalue weighted by molar-refractivity contribution is 6.39. The van der Waals surface area contributed by atoms with Crippen molar-refractivity contribution in [1.82, 2.24) is 5.32 Å². The van der Waals surface area contributed by atoms with E-state index in [-0.39, 0.29) is 17.9 Å². The normalized spacial score (nSPS) is 15.2. The standard InChI is InChI=1S/C24H15FN2O4/c1-2-13-31-21-12-11-15-7-3-4-8-16(15)17(21)14-18-22(28)26-24(30)27(23(18)29)20-10-6-5-9-19(20)25/h1,3-12,14H,13H2,(H,26,28,30)/b18-14-. The van der Waals surface area contributed by atoms with E-state index in [0.717, 1.165) is 11.5 Å². The Morgan fingerprint density at radius 2 is 1.77 bits per heavy atom. The highest BCUT2D eigenvalue weighted by Gasteiger charge is 2.38. The van der Waals surface area contributed by atoms with Crippen molar-refractivity contribution in [2.45, 2.75) is 0 Å². The molecule has 0 atom stereocenters. The second-order valence-corrected chi connectivity index (χ2v) is 6.60. The smallest absolute Gasteiger partial charge is 0.336 e. The van der Waals surface area contributed by atoms with Gasteiger partial charge in [0.05, 0.1) is 5.69 Å². The highest BCUT2D eigenvalue weighted by atomic mass is 19.1. The molecule has 1 saturated heterocycles. The van der Waals surface area contributed by atoms with E-state index in [1.807, 2.05) is 18.2 Å². The quantitative estimate of drug-likeness (QED) is 0.402. The van der Waals surface area contributed by atoms with Gasteiger partial charge in [-0.2, -0.15) is 0 Å². The molecule has 0 spiro atoms. The van der Waals surface area contributed by atoms with Crippen LogP contribution < -0.4 is 15.0 Å². The molecule has 3 aromatic carbocycles. The fourth-order valence-electron chi connectivity index (χ4n) is 3.32. The molecule has 0 aromatic heterocycles. The Labute approximate surface area is 176 Å². The molecule has 1 fully saturated rings. The van der Waals surface area contributed by atoms with E-state index in [4.69, 9.17) is 11.2 Å². The summed E-state index contributed by atoms with van der Waals surface area (Å²) in [5.74, 6) is 0.115. The lowest BCUT2D eigenvalue weighted by atomic mass is 9.99. The van der Waals surface area contributed by atoms with Gasteiger partial charge in [0.1, 0.15) is 23.7 Å². The Morgan fingerprint density at radius 1 is 1.03 bits per heavy atom. The van der Waals surface area contributed by atoms with Gasteiger partial charge in [0.15, 0.2) is 0 Å². The Hall–Kier alpha value is -4.44. The molecule has 1 N–H and O–H groups in total. The zero-order chi connectivity index (χ0) is 22.0. The number of amides is 4. The van der Waals surface area contributed by atoms with Gasteiger partial charge in [0.25, 0.3) is 11.8 Å². The van der Waals surface area contributed by atoms with E-state index in [9.17, 15) is 18.8 Å². The SMILES string of the molecule is C#CCOc1ccc2ccccc2c1/C=C1/C(=O)NC(=O)N(c2ccccc2F)C1=O. The molecular formula is C24H15FN2O4. The number of terminal acetylenes is 1. The Morgan fingerprint density at radius 3 is 2.55 bits per heavy atom. The Balaban J connectivity index is 1.88. The van der Waals surface area contributed by atoms with Crippen molar-refractivity contribution < 1.29 is 23.5 Å². The summed E-state index contributed by atoms with van der Waals surface area (Å²) in [6.45, 7) is -0.0194. The molecule has 4 amide bonds. The van der Waals surface area contributed by atoms with Gasteiger partial charge in [-0.3, -0.25) is 14.9 Å². The van der Waals surface area contributed by atoms with E-state index >= 15 is 0 Å². The summed E-state index contributed by atoms with van der Waals surface area (Å²) >= 11 is 0. The number of barbiturate groups is 1. The van der Waals surface area contributed by atoms with Gasteiger partial charge >= 0.3 is 6.03 Å². The maximum atomic E-state index is 14.3. The fraction of sp³-hybridized carbons (Fsp3) is 0.0417. The lowest BCUT2D eigenvalue weighted by Gasteiger charge is -2.26. The molecule has 6 nitrogen and oxygen atoms in total. The van der Waals surface area contributed by atoms with Crippen LogP contribution in [0.5, 0.6) is 5.75 Å². The Bertz CT molecular complexity index is 1310. The van der Waals surface area contributed by atoms with Crippen LogP contribution >= 0.6 is 0 Å². The minimum absolute atomic E-state index is 0.0194. The largest absolute Gasteiger partial charge is 0.480 e. The minimum Gasteiger partial charge on any atom is -0.480 e. The van der Waals surface area contributed by atoms with Gasteiger partial charge in [-0.05, 0) is 35.0 Å². The summed E-state index contributed by atoms with van der Waals surface area (Å²) in [7, 11) is 0. The lowest BCUT2D eigenvalue weighted by molar-refractivity contribution is -0.122. The number of fused-ring (bicyclic) bond motifs is 1. The first kappa shape index (κ1) is 19.9. The van der Waals surface area contributed by atoms with Crippen molar-refractivity contribution in [3.05, 3.63) is 77.6 Å². The minimum atomic E-state index is -1.03. The van der Waals surface area contributed by atoms with Gasteiger partial charge in [-0.15, -0.1) is 6.42 Å². The number of hydrogen-bond donors (Lipinski definition) is 1. The number of hydrogen-bond acceptors (Lipinski definition) is 4. The zero-order valence-corrected chi connectivity index (χ0v) is 16.1. The van der Waals surface area contributed by atoms with Crippen molar-refractivity contribution in [2.24, 2.45) is 0 Å². The van der Waals surface area contributed by atoms with Crippen LogP contribution in [0.4, 0.5) is 14.9 Å². The van der Waals surface area contributed by atoms with Crippen LogP contribution in [0.3, 0.4) is 0 Å². The van der Waals surface area contributed by atoms with Crippen molar-refractivity contribution in [2.75, 3.05) is 11.5 Å². The number of halogens is 1. The summed E-state index contributed by atoms with van der Waals surface area (Å²) < 4.78 is 19.9. The van der Waals surface area contributed by atoms with Crippen molar-refractivity contribution in [1.29, 1.82) is 0 Å². The number of benzene rings is 3. The van der Waals surface area contributed by atoms with Gasteiger partial charge in [-0.1, -0.05) is 48.4 Å². The van der Waals surface area contributed by atoms with Crippen LogP contribution in [0.25, 0.3) is 16.8 Å². The van der Waals surface area contributed by atoms with Gasteiger partial charge in [-0.25, -0.2) is 14.1 Å². The third-order valence-electron chi connectivity index (χ3n) is 4.73. The maximum Gasteiger partial charge on any atom is 0.336 e. The average Bonchev–Trinajstić information content (AvgIpc) is 2.76. The molecule has 152 valence electrons. The predicted octanol–water partition coefficient (Wildman–Crippen LogP) is 3.66. The molecule has 0 radical (unpaired) electrons. The number of carbonyl (C=O) groups excluding carboxylic acids is 3. The molecule has 0 saturated carbocycles. The third kappa shape index (κ3) is 3.63. The summed E-state index contributed by atoms with van der Waals surface area (Å²) in [6.07, 6.45) is 6.62. The molecule has 0 bridgehead atoms. The monoisotopic (exact) mass is 414 g/mol. The highest BCUT2D eigenvalue weighted by Crippen LogP contribution is 2.32. The number of carbonyl (C=O) groups is 3. The van der Waals surface area contributed by atoms with Gasteiger partial charge < -0.3 is 4.74 Å². The van der Waals surface area contributed by atoms with Crippen molar-refractivity contribution in [3.8, 4) is 18.1 Å². The molecule has 3 aromatic rings. The first-order chi connectivity index (χ1) is 15.0. The Kier molecular flexibility index (Phi) is 5.21. The summed E-state index contributed by atoms with van der Waals surface area (Å²) in [6, 6.07) is 15.1. The first-order valence-corrected chi connectivity index (χ1v) is 9.25. The van der Waals surface area contributed by atoms with Crippen LogP contribution in [0.1, 0.15) is 5.56 Å². The van der Waals surface area contributed by atoms with Crippen molar-refractivity contribution in [3.63, 3.8) is 0 Å². The first-order valence-electron chi connectivity index (χ1n) is 9.25. The van der Waals surface area contributed by atoms with Crippen LogP contribution in [0.15, 0.2) is 66.2 Å².